The van der Waals surface area contributed by atoms with Gasteiger partial charge in [0.05, 0.1) is 5.16 Å². The quantitative estimate of drug-likeness (QED) is 0.230. The van der Waals surface area contributed by atoms with Gasteiger partial charge in [-0.2, -0.15) is 0 Å². The van der Waals surface area contributed by atoms with Gasteiger partial charge in [-0.05, 0) is 50.0 Å². The number of benzene rings is 4. The zero-order valence-electron chi connectivity index (χ0n) is 20.7. The van der Waals surface area contributed by atoms with Gasteiger partial charge in [-0.3, -0.25) is 0 Å². The van der Waals surface area contributed by atoms with E-state index in [2.05, 4.69) is 89.8 Å². The topological polar surface area (TPSA) is 20.3 Å². The summed E-state index contributed by atoms with van der Waals surface area (Å²) in [7, 11) is -3.20. The Balaban J connectivity index is 0.00000304. The largest absolute Gasteiger partial charge is 0.312 e. The third-order valence-corrected chi connectivity index (χ3v) is 11.4. The van der Waals surface area contributed by atoms with Crippen molar-refractivity contribution in [3.8, 4) is 0 Å². The molecule has 0 unspecified atom stereocenters. The van der Waals surface area contributed by atoms with Crippen molar-refractivity contribution in [3.63, 3.8) is 0 Å². The second-order valence-corrected chi connectivity index (χ2v) is 12.5. The molecular weight excluding hydrogens is 481 g/mol. The van der Waals surface area contributed by atoms with Crippen LogP contribution in [0.2, 0.25) is 0 Å². The molecule has 4 aromatic rings. The summed E-state index contributed by atoms with van der Waals surface area (Å²) in [6.07, 6.45) is 4.60. The summed E-state index contributed by atoms with van der Waals surface area (Å²) >= 11 is 0. The Morgan fingerprint density at radius 1 is 0.583 bits per heavy atom. The molecule has 5 rings (SSSR count). The van der Waals surface area contributed by atoms with E-state index in [-0.39, 0.29) is 12.4 Å². The van der Waals surface area contributed by atoms with Gasteiger partial charge in [0, 0.05) is 10.6 Å². The Hall–Kier alpha value is -2.64. The molecule has 2 nitrogen and oxygen atoms in total. The summed E-state index contributed by atoms with van der Waals surface area (Å²) in [5.41, 5.74) is 2.25. The van der Waals surface area contributed by atoms with Crippen molar-refractivity contribution in [2.75, 3.05) is 19.6 Å². The van der Waals surface area contributed by atoms with Gasteiger partial charge in [0.25, 0.3) is 0 Å². The van der Waals surface area contributed by atoms with E-state index in [0.29, 0.717) is 0 Å². The van der Waals surface area contributed by atoms with E-state index in [4.69, 9.17) is 0 Å². The SMILES string of the molecule is Cl.O=P(c1ccccc1)(c1ccccc1)C(CCN1CCCCC1)(c1ccccc1)c1ccccc1. The number of rotatable bonds is 8. The fourth-order valence-electron chi connectivity index (χ4n) is 5.77. The lowest BCUT2D eigenvalue weighted by Crippen LogP contribution is -2.41. The van der Waals surface area contributed by atoms with Crippen molar-refractivity contribution >= 4 is 30.2 Å². The highest BCUT2D eigenvalue weighted by atomic mass is 35.5. The van der Waals surface area contributed by atoms with Crippen LogP contribution in [0.5, 0.6) is 0 Å². The van der Waals surface area contributed by atoms with Crippen molar-refractivity contribution in [2.24, 2.45) is 0 Å². The average molecular weight is 516 g/mol. The zero-order chi connectivity index (χ0) is 24.0. The van der Waals surface area contributed by atoms with Crippen molar-refractivity contribution in [3.05, 3.63) is 132 Å². The fourth-order valence-corrected chi connectivity index (χ4v) is 9.58. The zero-order valence-corrected chi connectivity index (χ0v) is 22.4. The van der Waals surface area contributed by atoms with E-state index >= 15 is 4.57 Å². The van der Waals surface area contributed by atoms with E-state index in [9.17, 15) is 0 Å². The normalized spacial score (nSPS) is 14.7. The van der Waals surface area contributed by atoms with Crippen molar-refractivity contribution < 1.29 is 4.57 Å². The molecule has 0 saturated carbocycles. The lowest BCUT2D eigenvalue weighted by Gasteiger charge is -2.44. The van der Waals surface area contributed by atoms with E-state index in [1.54, 1.807) is 0 Å². The number of hydrogen-bond donors (Lipinski definition) is 0. The number of piperidine rings is 1. The summed E-state index contributed by atoms with van der Waals surface area (Å²) in [5.74, 6) is 0. The Morgan fingerprint density at radius 3 is 1.39 bits per heavy atom. The van der Waals surface area contributed by atoms with Crippen molar-refractivity contribution in [1.29, 1.82) is 0 Å². The van der Waals surface area contributed by atoms with Gasteiger partial charge in [-0.25, -0.2) is 0 Å². The molecule has 4 heteroatoms. The molecule has 0 bridgehead atoms. The molecule has 1 heterocycles. The molecule has 1 saturated heterocycles. The summed E-state index contributed by atoms with van der Waals surface area (Å²) in [6.45, 7) is 3.18. The van der Waals surface area contributed by atoms with Crippen LogP contribution >= 0.6 is 19.5 Å². The van der Waals surface area contributed by atoms with Crippen molar-refractivity contribution in [2.45, 2.75) is 30.8 Å². The van der Waals surface area contributed by atoms with E-state index < -0.39 is 12.3 Å². The molecule has 0 aliphatic carbocycles. The first-order valence-electron chi connectivity index (χ1n) is 12.8. The summed E-state index contributed by atoms with van der Waals surface area (Å²) in [5, 5.41) is 1.14. The average Bonchev–Trinajstić information content (AvgIpc) is 2.96. The first-order valence-corrected chi connectivity index (χ1v) is 14.5. The summed E-state index contributed by atoms with van der Waals surface area (Å²) < 4.78 is 16.1. The Labute approximate surface area is 222 Å². The molecule has 36 heavy (non-hydrogen) atoms. The molecular formula is C32H35ClNOP. The smallest absolute Gasteiger partial charge is 0.157 e. The van der Waals surface area contributed by atoms with Crippen LogP contribution in [0.25, 0.3) is 0 Å². The monoisotopic (exact) mass is 515 g/mol. The summed E-state index contributed by atoms with van der Waals surface area (Å²) in [4.78, 5) is 2.57. The maximum atomic E-state index is 16.1. The minimum Gasteiger partial charge on any atom is -0.312 e. The molecule has 0 spiro atoms. The minimum atomic E-state index is -3.20. The van der Waals surface area contributed by atoms with Crippen LogP contribution in [0.4, 0.5) is 0 Å². The minimum absolute atomic E-state index is 0. The third kappa shape index (κ3) is 4.96. The van der Waals surface area contributed by atoms with Gasteiger partial charge in [-0.1, -0.05) is 128 Å². The van der Waals surface area contributed by atoms with E-state index in [0.717, 1.165) is 47.8 Å². The fraction of sp³-hybridized carbons (Fsp3) is 0.250. The van der Waals surface area contributed by atoms with Gasteiger partial charge in [0.2, 0.25) is 0 Å². The molecule has 1 aliphatic rings. The number of nitrogens with zero attached hydrogens (tertiary/aromatic N) is 1. The van der Waals surface area contributed by atoms with Crippen LogP contribution in [-0.4, -0.2) is 24.5 Å². The van der Waals surface area contributed by atoms with Gasteiger partial charge in [0.1, 0.15) is 0 Å². The molecule has 0 amide bonds. The maximum Gasteiger partial charge on any atom is 0.157 e. The standard InChI is InChI=1S/C32H34NOP.ClH/c34-35(30-20-10-3-11-21-30,31-22-12-4-13-23-31)32(28-16-6-1-7-17-28,29-18-8-2-9-19-29)24-27-33-25-14-5-15-26-33;/h1-4,6-13,16-23H,5,14-15,24-27H2;1H. The van der Waals surface area contributed by atoms with Gasteiger partial charge >= 0.3 is 0 Å². The van der Waals surface area contributed by atoms with Gasteiger partial charge in [0.15, 0.2) is 7.14 Å². The number of likely N-dealkylation sites (tertiary alicyclic amines) is 1. The molecule has 0 N–H and O–H groups in total. The lowest BCUT2D eigenvalue weighted by molar-refractivity contribution is 0.220. The molecule has 0 atom stereocenters. The first-order chi connectivity index (χ1) is 17.2. The Kier molecular flexibility index (Phi) is 8.86. The van der Waals surface area contributed by atoms with Crippen LogP contribution in [0.15, 0.2) is 121 Å². The Morgan fingerprint density at radius 2 is 0.972 bits per heavy atom. The predicted molar refractivity (Wildman–Crippen MR) is 156 cm³/mol. The summed E-state index contributed by atoms with van der Waals surface area (Å²) in [6, 6.07) is 41.6. The molecule has 4 aromatic carbocycles. The van der Waals surface area contributed by atoms with E-state index in [1.807, 2.05) is 36.4 Å². The molecule has 186 valence electrons. The van der Waals surface area contributed by atoms with E-state index in [1.165, 1.54) is 19.3 Å². The lowest BCUT2D eigenvalue weighted by atomic mass is 9.87. The maximum absolute atomic E-state index is 16.1. The van der Waals surface area contributed by atoms with Crippen LogP contribution in [-0.2, 0) is 9.72 Å². The second-order valence-electron chi connectivity index (χ2n) is 9.52. The number of halogens is 1. The third-order valence-electron chi connectivity index (χ3n) is 7.52. The Bertz CT molecular complexity index is 1160. The van der Waals surface area contributed by atoms with Crippen LogP contribution in [0.3, 0.4) is 0 Å². The molecule has 0 aromatic heterocycles. The van der Waals surface area contributed by atoms with Crippen molar-refractivity contribution in [1.82, 2.24) is 4.90 Å². The highest BCUT2D eigenvalue weighted by Gasteiger charge is 2.52. The van der Waals surface area contributed by atoms with Gasteiger partial charge < -0.3 is 9.46 Å². The molecule has 1 fully saturated rings. The van der Waals surface area contributed by atoms with Crippen LogP contribution in [0.1, 0.15) is 36.8 Å². The van der Waals surface area contributed by atoms with Gasteiger partial charge in [-0.15, -0.1) is 12.4 Å². The molecule has 1 aliphatic heterocycles. The highest BCUT2D eigenvalue weighted by molar-refractivity contribution is 7.80. The first kappa shape index (κ1) is 26.4. The highest BCUT2D eigenvalue weighted by Crippen LogP contribution is 2.66. The molecule has 0 radical (unpaired) electrons. The van der Waals surface area contributed by atoms with Crippen LogP contribution in [0, 0.1) is 0 Å². The predicted octanol–water partition coefficient (Wildman–Crippen LogP) is 7.24. The number of hydrogen-bond acceptors (Lipinski definition) is 2. The second kappa shape index (κ2) is 12.1. The van der Waals surface area contributed by atoms with Crippen LogP contribution < -0.4 is 10.6 Å².